The predicted octanol–water partition coefficient (Wildman–Crippen LogP) is 3.13. The van der Waals surface area contributed by atoms with E-state index in [1.807, 2.05) is 24.3 Å². The summed E-state index contributed by atoms with van der Waals surface area (Å²) in [7, 11) is 0. The van der Waals surface area contributed by atoms with Crippen LogP contribution < -0.4 is 0 Å². The van der Waals surface area contributed by atoms with Gasteiger partial charge >= 0.3 is 0 Å². The molecule has 1 aromatic rings. The molecule has 50 valence electrons. The highest BCUT2D eigenvalue weighted by Crippen LogP contribution is 2.25. The highest BCUT2D eigenvalue weighted by atomic mass is 79.9. The zero-order chi connectivity index (χ0) is 7.40. The summed E-state index contributed by atoms with van der Waals surface area (Å²) in [5, 5.41) is 2.51. The van der Waals surface area contributed by atoms with Gasteiger partial charge in [-0.15, -0.1) is 6.42 Å². The van der Waals surface area contributed by atoms with Crippen molar-refractivity contribution in [1.29, 1.82) is 0 Å². The number of benzene rings is 1. The molecule has 2 heteroatoms. The topological polar surface area (TPSA) is 0 Å². The van der Waals surface area contributed by atoms with Gasteiger partial charge < -0.3 is 0 Å². The smallest absolute Gasteiger partial charge is 0.0345 e. The van der Waals surface area contributed by atoms with Gasteiger partial charge in [-0.2, -0.15) is 0 Å². The van der Waals surface area contributed by atoms with E-state index in [9.17, 15) is 0 Å². The van der Waals surface area contributed by atoms with Crippen molar-refractivity contribution in [1.82, 2.24) is 0 Å². The van der Waals surface area contributed by atoms with Gasteiger partial charge in [-0.1, -0.05) is 12.1 Å². The first-order valence-corrected chi connectivity index (χ1v) is 4.32. The Labute approximate surface area is 73.2 Å². The van der Waals surface area contributed by atoms with Crippen LogP contribution in [0, 0.1) is 11.7 Å². The molecule has 0 fully saturated rings. The molecule has 0 heterocycles. The number of hydrogen-bond acceptors (Lipinski definition) is 1. The standard InChI is InChI=1S/C8H5BrS/c1-2-10-8-6-4-3-5-7(8)9/h1,3-6H. The molecule has 0 radical (unpaired) electrons. The Morgan fingerprint density at radius 2 is 2.10 bits per heavy atom. The number of rotatable bonds is 1. The van der Waals surface area contributed by atoms with Crippen molar-refractivity contribution < 1.29 is 0 Å². The molecule has 0 atom stereocenters. The average Bonchev–Trinajstić information content (AvgIpc) is 1.94. The van der Waals surface area contributed by atoms with Crippen LogP contribution in [0.1, 0.15) is 0 Å². The SMILES string of the molecule is C#CSc1ccccc1Br. The summed E-state index contributed by atoms with van der Waals surface area (Å²) in [5.74, 6) is 0. The molecule has 0 N–H and O–H groups in total. The molecule has 0 nitrogen and oxygen atoms in total. The lowest BCUT2D eigenvalue weighted by Gasteiger charge is -1.95. The van der Waals surface area contributed by atoms with Crippen molar-refractivity contribution in [3.8, 4) is 11.7 Å². The van der Waals surface area contributed by atoms with E-state index >= 15 is 0 Å². The molecule has 0 aromatic heterocycles. The molecule has 0 saturated heterocycles. The Morgan fingerprint density at radius 3 is 2.70 bits per heavy atom. The van der Waals surface area contributed by atoms with E-state index in [1.54, 1.807) is 0 Å². The third kappa shape index (κ3) is 1.80. The molecular weight excluding hydrogens is 208 g/mol. The van der Waals surface area contributed by atoms with Crippen LogP contribution in [-0.2, 0) is 0 Å². The molecule has 0 unspecified atom stereocenters. The van der Waals surface area contributed by atoms with E-state index in [0.29, 0.717) is 0 Å². The average molecular weight is 213 g/mol. The molecule has 0 spiro atoms. The molecule has 1 aromatic carbocycles. The fourth-order valence-corrected chi connectivity index (χ4v) is 1.56. The largest absolute Gasteiger partial charge is 0.108 e. The predicted molar refractivity (Wildman–Crippen MR) is 48.8 cm³/mol. The van der Waals surface area contributed by atoms with Crippen LogP contribution in [0.25, 0.3) is 0 Å². The molecule has 0 aliphatic rings. The van der Waals surface area contributed by atoms with Crippen LogP contribution in [0.2, 0.25) is 0 Å². The second-order valence-electron chi connectivity index (χ2n) is 1.65. The number of hydrogen-bond donors (Lipinski definition) is 0. The summed E-state index contributed by atoms with van der Waals surface area (Å²) in [6.07, 6.45) is 5.12. The first-order chi connectivity index (χ1) is 4.84. The van der Waals surface area contributed by atoms with Gasteiger partial charge in [0, 0.05) is 9.37 Å². The summed E-state index contributed by atoms with van der Waals surface area (Å²) in [6.45, 7) is 0. The van der Waals surface area contributed by atoms with Crippen molar-refractivity contribution in [2.75, 3.05) is 0 Å². The van der Waals surface area contributed by atoms with Gasteiger partial charge in [0.25, 0.3) is 0 Å². The van der Waals surface area contributed by atoms with Gasteiger partial charge in [-0.3, -0.25) is 0 Å². The zero-order valence-corrected chi connectivity index (χ0v) is 7.58. The summed E-state index contributed by atoms with van der Waals surface area (Å²) in [5.41, 5.74) is 0. The van der Waals surface area contributed by atoms with Crippen LogP contribution in [0.5, 0.6) is 0 Å². The Bertz CT molecular complexity index is 262. The van der Waals surface area contributed by atoms with Gasteiger partial charge in [0.2, 0.25) is 0 Å². The highest BCUT2D eigenvalue weighted by Gasteiger charge is 1.94. The maximum absolute atomic E-state index is 5.12. The Kier molecular flexibility index (Phi) is 2.85. The molecule has 0 aliphatic carbocycles. The molecule has 0 aliphatic heterocycles. The Morgan fingerprint density at radius 1 is 1.40 bits per heavy atom. The van der Waals surface area contributed by atoms with Crippen molar-refractivity contribution >= 4 is 27.7 Å². The third-order valence-corrected chi connectivity index (χ3v) is 2.65. The quantitative estimate of drug-likeness (QED) is 0.510. The van der Waals surface area contributed by atoms with Crippen molar-refractivity contribution in [2.45, 2.75) is 4.90 Å². The minimum absolute atomic E-state index is 1.05. The van der Waals surface area contributed by atoms with Gasteiger partial charge in [-0.05, 0) is 45.1 Å². The molecule has 0 saturated carbocycles. The minimum Gasteiger partial charge on any atom is -0.108 e. The Hall–Kier alpha value is -0.390. The number of thioether (sulfide) groups is 1. The lowest BCUT2D eigenvalue weighted by Crippen LogP contribution is -1.68. The zero-order valence-electron chi connectivity index (χ0n) is 5.17. The van der Waals surface area contributed by atoms with E-state index in [4.69, 9.17) is 6.42 Å². The normalized spacial score (nSPS) is 8.80. The monoisotopic (exact) mass is 212 g/mol. The highest BCUT2D eigenvalue weighted by molar-refractivity contribution is 9.10. The lowest BCUT2D eigenvalue weighted by atomic mass is 10.4. The lowest BCUT2D eigenvalue weighted by molar-refractivity contribution is 1.42. The molecule has 10 heavy (non-hydrogen) atoms. The van der Waals surface area contributed by atoms with Crippen molar-refractivity contribution in [2.24, 2.45) is 0 Å². The number of halogens is 1. The summed E-state index contributed by atoms with van der Waals surface area (Å²) in [6, 6.07) is 7.88. The molecular formula is C8H5BrS. The van der Waals surface area contributed by atoms with E-state index in [-0.39, 0.29) is 0 Å². The van der Waals surface area contributed by atoms with E-state index < -0.39 is 0 Å². The van der Waals surface area contributed by atoms with E-state index in [1.165, 1.54) is 11.8 Å². The van der Waals surface area contributed by atoms with E-state index in [0.717, 1.165) is 9.37 Å². The van der Waals surface area contributed by atoms with Gasteiger partial charge in [0.1, 0.15) is 0 Å². The maximum Gasteiger partial charge on any atom is 0.0345 e. The van der Waals surface area contributed by atoms with Crippen molar-refractivity contribution in [3.05, 3.63) is 28.7 Å². The minimum atomic E-state index is 1.05. The first kappa shape index (κ1) is 7.71. The van der Waals surface area contributed by atoms with Crippen LogP contribution in [0.4, 0.5) is 0 Å². The van der Waals surface area contributed by atoms with Crippen LogP contribution >= 0.6 is 27.7 Å². The summed E-state index contributed by atoms with van der Waals surface area (Å²) >= 11 is 4.76. The van der Waals surface area contributed by atoms with Gasteiger partial charge in [0.15, 0.2) is 0 Å². The van der Waals surface area contributed by atoms with Crippen molar-refractivity contribution in [3.63, 3.8) is 0 Å². The van der Waals surface area contributed by atoms with Crippen LogP contribution in [0.15, 0.2) is 33.6 Å². The van der Waals surface area contributed by atoms with Gasteiger partial charge in [0.05, 0.1) is 0 Å². The second-order valence-corrected chi connectivity index (χ2v) is 3.38. The van der Waals surface area contributed by atoms with Crippen LogP contribution in [0.3, 0.4) is 0 Å². The fourth-order valence-electron chi connectivity index (χ4n) is 0.591. The second kappa shape index (κ2) is 3.70. The van der Waals surface area contributed by atoms with E-state index in [2.05, 4.69) is 21.2 Å². The summed E-state index contributed by atoms with van der Waals surface area (Å²) < 4.78 is 1.05. The Balaban J connectivity index is 2.94. The first-order valence-electron chi connectivity index (χ1n) is 2.71. The third-order valence-electron chi connectivity index (χ3n) is 1.01. The molecule has 0 bridgehead atoms. The van der Waals surface area contributed by atoms with Crippen LogP contribution in [-0.4, -0.2) is 0 Å². The summed E-state index contributed by atoms with van der Waals surface area (Å²) in [4.78, 5) is 1.09. The molecule has 0 amide bonds. The van der Waals surface area contributed by atoms with Gasteiger partial charge in [-0.25, -0.2) is 0 Å². The fraction of sp³-hybridized carbons (Fsp3) is 0. The maximum atomic E-state index is 5.12. The molecule has 1 rings (SSSR count). The number of terminal acetylenes is 1.